The Morgan fingerprint density at radius 2 is 1.86 bits per heavy atom. The Morgan fingerprint density at radius 3 is 2.29 bits per heavy atom. The molecule has 0 bridgehead atoms. The van der Waals surface area contributed by atoms with E-state index >= 15 is 0 Å². The van der Waals surface area contributed by atoms with Crippen molar-refractivity contribution in [1.29, 1.82) is 0 Å². The first-order chi connectivity index (χ1) is 6.50. The second-order valence-corrected chi connectivity index (χ2v) is 3.44. The fourth-order valence-electron chi connectivity index (χ4n) is 0.967. The molecule has 1 N–H and O–H groups in total. The van der Waals surface area contributed by atoms with Crippen LogP contribution >= 0.6 is 23.2 Å². The third kappa shape index (κ3) is 2.82. The Labute approximate surface area is 90.9 Å². The summed E-state index contributed by atoms with van der Waals surface area (Å²) in [5.74, 6) is -0.434. The molecule has 4 nitrogen and oxygen atoms in total. The third-order valence-electron chi connectivity index (χ3n) is 1.61. The fourth-order valence-corrected chi connectivity index (χ4v) is 1.63. The Balaban J connectivity index is 2.91. The van der Waals surface area contributed by atoms with E-state index in [1.165, 1.54) is 0 Å². The molecule has 0 aliphatic carbocycles. The van der Waals surface area contributed by atoms with Crippen LogP contribution in [0.3, 0.4) is 0 Å². The van der Waals surface area contributed by atoms with Crippen LogP contribution in [0.25, 0.3) is 0 Å². The van der Waals surface area contributed by atoms with Gasteiger partial charge >= 0.3 is 5.97 Å². The number of rotatable bonds is 3. The van der Waals surface area contributed by atoms with Crippen molar-refractivity contribution in [3.8, 4) is 0 Å². The topological polar surface area (TPSA) is 63.1 Å². The highest BCUT2D eigenvalue weighted by atomic mass is 35.5. The molecule has 0 aromatic carbocycles. The smallest absolute Gasteiger partial charge is 0.303 e. The molecule has 14 heavy (non-hydrogen) atoms. The maximum atomic E-state index is 10.3. The summed E-state index contributed by atoms with van der Waals surface area (Å²) in [5.41, 5.74) is 0.487. The molecule has 0 atom stereocenters. The van der Waals surface area contributed by atoms with Gasteiger partial charge in [0.1, 0.15) is 16.1 Å². The van der Waals surface area contributed by atoms with E-state index in [-0.39, 0.29) is 23.1 Å². The minimum Gasteiger partial charge on any atom is -0.481 e. The lowest BCUT2D eigenvalue weighted by Crippen LogP contribution is -2.02. The van der Waals surface area contributed by atoms with Gasteiger partial charge in [-0.25, -0.2) is 9.97 Å². The lowest BCUT2D eigenvalue weighted by molar-refractivity contribution is -0.136. The molecule has 1 aromatic heterocycles. The van der Waals surface area contributed by atoms with Gasteiger partial charge in [0.25, 0.3) is 0 Å². The molecular formula is C8H8Cl2N2O2. The van der Waals surface area contributed by atoms with Crippen LogP contribution in [0.4, 0.5) is 0 Å². The van der Waals surface area contributed by atoms with Gasteiger partial charge in [0, 0.05) is 12.0 Å². The predicted octanol–water partition coefficient (Wildman–Crippen LogP) is 2.11. The number of hydrogen-bond donors (Lipinski definition) is 1. The van der Waals surface area contributed by atoms with Gasteiger partial charge in [-0.15, -0.1) is 0 Å². The molecule has 0 aliphatic rings. The number of aryl methyl sites for hydroxylation is 1. The number of hydrogen-bond acceptors (Lipinski definition) is 3. The Bertz CT molecular complexity index is 345. The van der Waals surface area contributed by atoms with Crippen molar-refractivity contribution in [1.82, 2.24) is 9.97 Å². The van der Waals surface area contributed by atoms with Crippen molar-refractivity contribution < 1.29 is 9.90 Å². The number of nitrogens with zero attached hydrogens (tertiary/aromatic N) is 2. The Kier molecular flexibility index (Phi) is 3.66. The summed E-state index contributed by atoms with van der Waals surface area (Å²) in [4.78, 5) is 18.1. The van der Waals surface area contributed by atoms with E-state index in [0.717, 1.165) is 0 Å². The molecule has 0 fully saturated rings. The number of carboxylic acid groups (broad SMARTS) is 1. The van der Waals surface area contributed by atoms with E-state index in [1.807, 2.05) is 0 Å². The molecule has 0 unspecified atom stereocenters. The minimum absolute atomic E-state index is 0.0359. The first-order valence-corrected chi connectivity index (χ1v) is 4.66. The Hall–Kier alpha value is -0.870. The van der Waals surface area contributed by atoms with Crippen LogP contribution in [0.5, 0.6) is 0 Å². The average Bonchev–Trinajstić information content (AvgIpc) is 2.01. The molecule has 6 heteroatoms. The largest absolute Gasteiger partial charge is 0.481 e. The highest BCUT2D eigenvalue weighted by molar-refractivity contribution is 6.34. The van der Waals surface area contributed by atoms with Crippen molar-refractivity contribution in [2.24, 2.45) is 0 Å². The zero-order valence-corrected chi connectivity index (χ0v) is 8.93. The van der Waals surface area contributed by atoms with Gasteiger partial charge in [-0.3, -0.25) is 4.79 Å². The van der Waals surface area contributed by atoms with Gasteiger partial charge in [0.2, 0.25) is 0 Å². The summed E-state index contributed by atoms with van der Waals surface area (Å²) in [6.07, 6.45) is 0.207. The maximum Gasteiger partial charge on any atom is 0.303 e. The van der Waals surface area contributed by atoms with Gasteiger partial charge in [-0.05, 0) is 13.3 Å². The molecule has 76 valence electrons. The van der Waals surface area contributed by atoms with E-state index in [2.05, 4.69) is 9.97 Å². The number of halogens is 2. The standard InChI is InChI=1S/C8H8Cl2N2O2/c1-4-11-7(9)5(8(10)12-4)2-3-6(13)14/h2-3H2,1H3,(H,13,14). The van der Waals surface area contributed by atoms with E-state index in [0.29, 0.717) is 11.4 Å². The van der Waals surface area contributed by atoms with E-state index in [4.69, 9.17) is 28.3 Å². The van der Waals surface area contributed by atoms with Crippen molar-refractivity contribution in [2.45, 2.75) is 19.8 Å². The number of carbonyl (C=O) groups is 1. The minimum atomic E-state index is -0.905. The van der Waals surface area contributed by atoms with Crippen LogP contribution in [-0.2, 0) is 11.2 Å². The molecule has 0 aliphatic heterocycles. The van der Waals surface area contributed by atoms with Gasteiger partial charge in [-0.2, -0.15) is 0 Å². The SMILES string of the molecule is Cc1nc(Cl)c(CCC(=O)O)c(Cl)n1. The molecule has 0 saturated heterocycles. The van der Waals surface area contributed by atoms with Crippen LogP contribution in [0, 0.1) is 6.92 Å². The lowest BCUT2D eigenvalue weighted by Gasteiger charge is -2.04. The summed E-state index contributed by atoms with van der Waals surface area (Å²) in [6, 6.07) is 0. The molecule has 1 heterocycles. The van der Waals surface area contributed by atoms with Gasteiger partial charge in [-0.1, -0.05) is 23.2 Å². The van der Waals surface area contributed by atoms with E-state index in [9.17, 15) is 4.79 Å². The third-order valence-corrected chi connectivity index (χ3v) is 2.23. The van der Waals surface area contributed by atoms with Crippen molar-refractivity contribution in [3.05, 3.63) is 21.7 Å². The fraction of sp³-hybridized carbons (Fsp3) is 0.375. The summed E-state index contributed by atoms with van der Waals surface area (Å²) >= 11 is 11.6. The molecule has 0 saturated carbocycles. The predicted molar refractivity (Wildman–Crippen MR) is 52.7 cm³/mol. The number of carboxylic acids is 1. The van der Waals surface area contributed by atoms with Gasteiger partial charge in [0.05, 0.1) is 0 Å². The zero-order chi connectivity index (χ0) is 10.7. The summed E-state index contributed by atoms with van der Waals surface area (Å²) in [6.45, 7) is 1.67. The molecule has 1 rings (SSSR count). The molecule has 1 aromatic rings. The van der Waals surface area contributed by atoms with Crippen molar-refractivity contribution in [3.63, 3.8) is 0 Å². The maximum absolute atomic E-state index is 10.3. The highest BCUT2D eigenvalue weighted by Gasteiger charge is 2.11. The summed E-state index contributed by atoms with van der Waals surface area (Å²) in [5, 5.41) is 8.94. The quantitative estimate of drug-likeness (QED) is 0.815. The van der Waals surface area contributed by atoms with Crippen LogP contribution in [0.15, 0.2) is 0 Å². The second-order valence-electron chi connectivity index (χ2n) is 2.72. The van der Waals surface area contributed by atoms with Crippen molar-refractivity contribution >= 4 is 29.2 Å². The Morgan fingerprint density at radius 1 is 1.36 bits per heavy atom. The van der Waals surface area contributed by atoms with Crippen molar-refractivity contribution in [2.75, 3.05) is 0 Å². The summed E-state index contributed by atoms with van der Waals surface area (Å²) in [7, 11) is 0. The number of aliphatic carboxylic acids is 1. The van der Waals surface area contributed by atoms with Crippen LogP contribution in [0.2, 0.25) is 10.3 Å². The van der Waals surface area contributed by atoms with Crippen LogP contribution < -0.4 is 0 Å². The lowest BCUT2D eigenvalue weighted by atomic mass is 10.2. The summed E-state index contributed by atoms with van der Waals surface area (Å²) < 4.78 is 0. The van der Waals surface area contributed by atoms with E-state index < -0.39 is 5.97 Å². The molecule has 0 spiro atoms. The van der Waals surface area contributed by atoms with Gasteiger partial charge in [0.15, 0.2) is 0 Å². The number of aromatic nitrogens is 2. The first-order valence-electron chi connectivity index (χ1n) is 3.91. The molecule has 0 amide bonds. The van der Waals surface area contributed by atoms with Crippen LogP contribution in [0.1, 0.15) is 17.8 Å². The first kappa shape index (κ1) is 11.2. The second kappa shape index (κ2) is 4.57. The van der Waals surface area contributed by atoms with Gasteiger partial charge < -0.3 is 5.11 Å². The van der Waals surface area contributed by atoms with Crippen LogP contribution in [-0.4, -0.2) is 21.0 Å². The normalized spacial score (nSPS) is 10.2. The molecular weight excluding hydrogens is 227 g/mol. The van der Waals surface area contributed by atoms with E-state index in [1.54, 1.807) is 6.92 Å². The molecule has 0 radical (unpaired) electrons. The zero-order valence-electron chi connectivity index (χ0n) is 7.42. The average molecular weight is 235 g/mol. The highest BCUT2D eigenvalue weighted by Crippen LogP contribution is 2.22. The monoisotopic (exact) mass is 234 g/mol.